The number of carbonyl (C=O) groups is 2. The fraction of sp³-hybridized carbons (Fsp3) is 0.467. The number of rotatable bonds is 7. The molecule has 0 aliphatic carbocycles. The smallest absolute Gasteiger partial charge is 0.307 e. The van der Waals surface area contributed by atoms with E-state index < -0.39 is 12.0 Å². The first-order chi connectivity index (χ1) is 9.53. The fourth-order valence-corrected chi connectivity index (χ4v) is 1.99. The normalized spacial score (nSPS) is 11.8. The SMILES string of the molecule is CCNC(CC(=O)OC)C(=O)c1ccc(OC)c(C)c1. The van der Waals surface area contributed by atoms with E-state index in [4.69, 9.17) is 4.74 Å². The largest absolute Gasteiger partial charge is 0.496 e. The average molecular weight is 279 g/mol. The van der Waals surface area contributed by atoms with Crippen LogP contribution < -0.4 is 10.1 Å². The van der Waals surface area contributed by atoms with Crippen LogP contribution in [0.25, 0.3) is 0 Å². The Bertz CT molecular complexity index is 485. The molecule has 0 aromatic heterocycles. The zero-order chi connectivity index (χ0) is 15.1. The van der Waals surface area contributed by atoms with Gasteiger partial charge in [0.05, 0.1) is 26.7 Å². The highest BCUT2D eigenvalue weighted by atomic mass is 16.5. The molecular formula is C15H21NO4. The Kier molecular flexibility index (Phi) is 6.18. The topological polar surface area (TPSA) is 64.6 Å². The molecule has 1 aromatic carbocycles. The van der Waals surface area contributed by atoms with Gasteiger partial charge in [-0.15, -0.1) is 0 Å². The first kappa shape index (κ1) is 16.2. The lowest BCUT2D eigenvalue weighted by Crippen LogP contribution is -2.38. The van der Waals surface area contributed by atoms with Crippen LogP contribution in [0.15, 0.2) is 18.2 Å². The highest BCUT2D eigenvalue weighted by molar-refractivity contribution is 6.02. The zero-order valence-corrected chi connectivity index (χ0v) is 12.4. The first-order valence-corrected chi connectivity index (χ1v) is 6.52. The molecule has 110 valence electrons. The molecule has 1 atom stereocenters. The Hall–Kier alpha value is -1.88. The second-order valence-corrected chi connectivity index (χ2v) is 4.44. The van der Waals surface area contributed by atoms with Crippen LogP contribution in [0.1, 0.15) is 29.3 Å². The van der Waals surface area contributed by atoms with Crippen molar-refractivity contribution in [2.45, 2.75) is 26.3 Å². The third-order valence-electron chi connectivity index (χ3n) is 3.04. The van der Waals surface area contributed by atoms with E-state index >= 15 is 0 Å². The Morgan fingerprint density at radius 2 is 2.00 bits per heavy atom. The van der Waals surface area contributed by atoms with Gasteiger partial charge in [0.1, 0.15) is 5.75 Å². The van der Waals surface area contributed by atoms with Gasteiger partial charge in [-0.3, -0.25) is 9.59 Å². The summed E-state index contributed by atoms with van der Waals surface area (Å²) in [7, 11) is 2.90. The summed E-state index contributed by atoms with van der Waals surface area (Å²) in [6.07, 6.45) is 0.0221. The monoisotopic (exact) mass is 279 g/mol. The molecule has 1 unspecified atom stereocenters. The third kappa shape index (κ3) is 4.06. The third-order valence-corrected chi connectivity index (χ3v) is 3.04. The van der Waals surface area contributed by atoms with Crippen LogP contribution in [0.5, 0.6) is 5.75 Å². The number of aryl methyl sites for hydroxylation is 1. The van der Waals surface area contributed by atoms with Crippen molar-refractivity contribution in [3.05, 3.63) is 29.3 Å². The van der Waals surface area contributed by atoms with Crippen molar-refractivity contribution >= 4 is 11.8 Å². The molecule has 0 fully saturated rings. The van der Waals surface area contributed by atoms with Gasteiger partial charge in [-0.25, -0.2) is 0 Å². The first-order valence-electron chi connectivity index (χ1n) is 6.52. The van der Waals surface area contributed by atoms with E-state index in [0.717, 1.165) is 11.3 Å². The van der Waals surface area contributed by atoms with Crippen molar-refractivity contribution in [2.75, 3.05) is 20.8 Å². The van der Waals surface area contributed by atoms with Crippen molar-refractivity contribution < 1.29 is 19.1 Å². The van der Waals surface area contributed by atoms with Crippen LogP contribution in [0.2, 0.25) is 0 Å². The summed E-state index contributed by atoms with van der Waals surface area (Å²) >= 11 is 0. The van der Waals surface area contributed by atoms with E-state index in [1.54, 1.807) is 25.3 Å². The van der Waals surface area contributed by atoms with E-state index in [1.165, 1.54) is 7.11 Å². The average Bonchev–Trinajstić information content (AvgIpc) is 2.45. The number of benzene rings is 1. The number of methoxy groups -OCH3 is 2. The van der Waals surface area contributed by atoms with Gasteiger partial charge in [-0.05, 0) is 37.2 Å². The number of hydrogen-bond donors (Lipinski definition) is 1. The summed E-state index contributed by atoms with van der Waals surface area (Å²) in [5.74, 6) is 0.201. The highest BCUT2D eigenvalue weighted by Crippen LogP contribution is 2.19. The van der Waals surface area contributed by atoms with Crippen molar-refractivity contribution in [3.8, 4) is 5.75 Å². The molecular weight excluding hydrogens is 258 g/mol. The molecule has 1 N–H and O–H groups in total. The van der Waals surface area contributed by atoms with Gasteiger partial charge in [-0.2, -0.15) is 0 Å². The fourth-order valence-electron chi connectivity index (χ4n) is 1.99. The van der Waals surface area contributed by atoms with E-state index in [1.807, 2.05) is 13.8 Å². The maximum atomic E-state index is 12.4. The minimum Gasteiger partial charge on any atom is -0.496 e. The second-order valence-electron chi connectivity index (χ2n) is 4.44. The molecule has 20 heavy (non-hydrogen) atoms. The standard InChI is InChI=1S/C15H21NO4/c1-5-16-12(9-14(17)20-4)15(18)11-6-7-13(19-3)10(2)8-11/h6-8,12,16H,5,9H2,1-4H3. The number of likely N-dealkylation sites (N-methyl/N-ethyl adjacent to an activating group) is 1. The lowest BCUT2D eigenvalue weighted by molar-refractivity contribution is -0.140. The number of nitrogens with one attached hydrogen (secondary N) is 1. The van der Waals surface area contributed by atoms with Crippen molar-refractivity contribution in [3.63, 3.8) is 0 Å². The number of ether oxygens (including phenoxy) is 2. The van der Waals surface area contributed by atoms with Crippen molar-refractivity contribution in [1.29, 1.82) is 0 Å². The Labute approximate surface area is 119 Å². The Balaban J connectivity index is 2.93. The summed E-state index contributed by atoms with van der Waals surface area (Å²) in [6, 6.07) is 4.66. The van der Waals surface area contributed by atoms with Crippen LogP contribution >= 0.6 is 0 Å². The zero-order valence-electron chi connectivity index (χ0n) is 12.4. The number of carbonyl (C=O) groups excluding carboxylic acids is 2. The highest BCUT2D eigenvalue weighted by Gasteiger charge is 2.23. The molecule has 0 aliphatic rings. The maximum absolute atomic E-state index is 12.4. The van der Waals surface area contributed by atoms with Crippen LogP contribution in [0, 0.1) is 6.92 Å². The van der Waals surface area contributed by atoms with E-state index in [9.17, 15) is 9.59 Å². The van der Waals surface area contributed by atoms with Gasteiger partial charge in [0.15, 0.2) is 5.78 Å². The molecule has 5 heteroatoms. The van der Waals surface area contributed by atoms with Gasteiger partial charge in [-0.1, -0.05) is 6.92 Å². The molecule has 0 bridgehead atoms. The quantitative estimate of drug-likeness (QED) is 0.608. The summed E-state index contributed by atoms with van der Waals surface area (Å²) in [6.45, 7) is 4.36. The Morgan fingerprint density at radius 3 is 2.50 bits per heavy atom. The maximum Gasteiger partial charge on any atom is 0.307 e. The van der Waals surface area contributed by atoms with Crippen LogP contribution in [0.4, 0.5) is 0 Å². The molecule has 0 saturated carbocycles. The van der Waals surface area contributed by atoms with Crippen LogP contribution in [-0.4, -0.2) is 38.6 Å². The van der Waals surface area contributed by atoms with Crippen molar-refractivity contribution in [2.24, 2.45) is 0 Å². The number of Topliss-reactive ketones (excluding diaryl/α,β-unsaturated/α-hetero) is 1. The van der Waals surface area contributed by atoms with Crippen molar-refractivity contribution in [1.82, 2.24) is 5.32 Å². The number of ketones is 1. The van der Waals surface area contributed by atoms with Gasteiger partial charge in [0.25, 0.3) is 0 Å². The second kappa shape index (κ2) is 7.65. The lowest BCUT2D eigenvalue weighted by atomic mass is 9.99. The van der Waals surface area contributed by atoms with E-state index in [0.29, 0.717) is 12.1 Å². The Morgan fingerprint density at radius 1 is 1.30 bits per heavy atom. The van der Waals surface area contributed by atoms with Gasteiger partial charge in [0.2, 0.25) is 0 Å². The molecule has 0 aliphatic heterocycles. The van der Waals surface area contributed by atoms with Crippen LogP contribution in [-0.2, 0) is 9.53 Å². The minimum atomic E-state index is -0.569. The lowest BCUT2D eigenvalue weighted by Gasteiger charge is -2.16. The minimum absolute atomic E-state index is 0.0221. The molecule has 0 radical (unpaired) electrons. The summed E-state index contributed by atoms with van der Waals surface area (Å²) < 4.78 is 9.79. The predicted molar refractivity (Wildman–Crippen MR) is 76.2 cm³/mol. The summed E-state index contributed by atoms with van der Waals surface area (Å²) in [5, 5.41) is 3.01. The molecule has 1 rings (SSSR count). The molecule has 1 aromatic rings. The molecule has 0 heterocycles. The number of hydrogen-bond acceptors (Lipinski definition) is 5. The molecule has 0 spiro atoms. The predicted octanol–water partition coefficient (Wildman–Crippen LogP) is 1.73. The molecule has 0 saturated heterocycles. The van der Waals surface area contributed by atoms with E-state index in [-0.39, 0.29) is 12.2 Å². The van der Waals surface area contributed by atoms with Gasteiger partial charge >= 0.3 is 5.97 Å². The summed E-state index contributed by atoms with van der Waals surface area (Å²) in [5.41, 5.74) is 1.44. The van der Waals surface area contributed by atoms with Gasteiger partial charge in [0, 0.05) is 5.56 Å². The molecule has 0 amide bonds. The van der Waals surface area contributed by atoms with E-state index in [2.05, 4.69) is 10.1 Å². The van der Waals surface area contributed by atoms with Gasteiger partial charge < -0.3 is 14.8 Å². The van der Waals surface area contributed by atoms with Crippen LogP contribution in [0.3, 0.4) is 0 Å². The molecule has 5 nitrogen and oxygen atoms in total. The summed E-state index contributed by atoms with van der Waals surface area (Å²) in [4.78, 5) is 23.8. The number of esters is 1.